The van der Waals surface area contributed by atoms with Crippen molar-refractivity contribution < 1.29 is 23.9 Å². The summed E-state index contributed by atoms with van der Waals surface area (Å²) in [6.45, 7) is 0.234. The molecule has 1 aromatic rings. The van der Waals surface area contributed by atoms with Gasteiger partial charge in [0.15, 0.2) is 0 Å². The highest BCUT2D eigenvalue weighted by molar-refractivity contribution is 7.51. The number of hydrogen-bond acceptors (Lipinski definition) is 3. The Kier molecular flexibility index (Phi) is 6.05. The molecule has 18 heavy (non-hydrogen) atoms. The van der Waals surface area contributed by atoms with Gasteiger partial charge in [-0.25, -0.2) is 0 Å². The molecule has 0 amide bonds. The van der Waals surface area contributed by atoms with Crippen molar-refractivity contribution in [3.63, 3.8) is 0 Å². The molecule has 1 aromatic carbocycles. The van der Waals surface area contributed by atoms with Gasteiger partial charge in [-0.15, -0.1) is 0 Å². The van der Waals surface area contributed by atoms with Crippen LogP contribution in [0.25, 0.3) is 0 Å². The van der Waals surface area contributed by atoms with Gasteiger partial charge in [-0.2, -0.15) is 0 Å². The third-order valence-electron chi connectivity index (χ3n) is 2.32. The molecule has 0 unspecified atom stereocenters. The maximum absolute atomic E-state index is 11.3. The molecule has 100 valence electrons. The van der Waals surface area contributed by atoms with Crippen LogP contribution in [0.1, 0.15) is 24.8 Å². The monoisotopic (exact) mass is 272 g/mol. The molecule has 1 rings (SSSR count). The van der Waals surface area contributed by atoms with E-state index in [0.717, 1.165) is 5.56 Å². The first-order chi connectivity index (χ1) is 8.47. The number of hydrogen-bond donors (Lipinski definition) is 2. The van der Waals surface area contributed by atoms with Gasteiger partial charge in [0, 0.05) is 12.6 Å². The molecule has 0 spiro atoms. The lowest BCUT2D eigenvalue weighted by Crippen LogP contribution is -2.04. The highest BCUT2D eigenvalue weighted by Crippen LogP contribution is 2.35. The van der Waals surface area contributed by atoms with E-state index in [2.05, 4.69) is 0 Å². The van der Waals surface area contributed by atoms with Crippen molar-refractivity contribution in [3.8, 4) is 0 Å². The first-order valence-corrected chi connectivity index (χ1v) is 7.51. The van der Waals surface area contributed by atoms with Crippen LogP contribution in [0.3, 0.4) is 0 Å². The lowest BCUT2D eigenvalue weighted by Gasteiger charge is -2.05. The highest BCUT2D eigenvalue weighted by Gasteiger charge is 2.12. The fourth-order valence-corrected chi connectivity index (χ4v) is 2.03. The molecule has 0 heterocycles. The van der Waals surface area contributed by atoms with Crippen molar-refractivity contribution in [1.82, 2.24) is 0 Å². The van der Waals surface area contributed by atoms with E-state index in [0.29, 0.717) is 12.8 Å². The van der Waals surface area contributed by atoms with E-state index >= 15 is 0 Å². The van der Waals surface area contributed by atoms with Crippen molar-refractivity contribution in [2.75, 3.05) is 6.16 Å². The van der Waals surface area contributed by atoms with Gasteiger partial charge in [-0.05, 0) is 18.4 Å². The van der Waals surface area contributed by atoms with Gasteiger partial charge in [0.05, 0.1) is 0 Å². The molecule has 0 saturated carbocycles. The van der Waals surface area contributed by atoms with E-state index < -0.39 is 7.60 Å². The minimum atomic E-state index is -3.94. The van der Waals surface area contributed by atoms with E-state index in [1.165, 1.54) is 0 Å². The Bertz CT molecular complexity index is 412. The normalized spacial score (nSPS) is 11.2. The molecular formula is C12H17O5P. The quantitative estimate of drug-likeness (QED) is 0.451. The standard InChI is InChI=1S/C12H17O5P/c13-12(8-4-5-9-18(14,15)16)17-10-11-6-2-1-3-7-11/h1-3,6-7H,4-5,8-10H2,(H2,14,15,16). The third kappa shape index (κ3) is 7.22. The number of benzene rings is 1. The number of unbranched alkanes of at least 4 members (excludes halogenated alkanes) is 1. The summed E-state index contributed by atoms with van der Waals surface area (Å²) in [7, 11) is -3.94. The summed E-state index contributed by atoms with van der Waals surface area (Å²) >= 11 is 0. The Hall–Kier alpha value is -1.16. The fraction of sp³-hybridized carbons (Fsp3) is 0.417. The zero-order valence-corrected chi connectivity index (χ0v) is 10.9. The van der Waals surface area contributed by atoms with Gasteiger partial charge >= 0.3 is 13.6 Å². The molecule has 0 saturated heterocycles. The van der Waals surface area contributed by atoms with Crippen molar-refractivity contribution in [1.29, 1.82) is 0 Å². The summed E-state index contributed by atoms with van der Waals surface area (Å²) in [4.78, 5) is 28.6. The van der Waals surface area contributed by atoms with E-state index in [1.807, 2.05) is 30.3 Å². The molecule has 0 bridgehead atoms. The molecule has 0 aliphatic rings. The zero-order valence-electron chi connectivity index (χ0n) is 9.99. The predicted octanol–water partition coefficient (Wildman–Crippen LogP) is 2.08. The van der Waals surface area contributed by atoms with Gasteiger partial charge in [0.2, 0.25) is 0 Å². The minimum absolute atomic E-state index is 0.182. The van der Waals surface area contributed by atoms with Crippen LogP contribution in [0, 0.1) is 0 Å². The van der Waals surface area contributed by atoms with Crippen LogP contribution in [0.15, 0.2) is 30.3 Å². The Balaban J connectivity index is 2.13. The molecule has 0 atom stereocenters. The van der Waals surface area contributed by atoms with Crippen LogP contribution >= 0.6 is 7.60 Å². The average Bonchev–Trinajstić information content (AvgIpc) is 2.32. The lowest BCUT2D eigenvalue weighted by molar-refractivity contribution is -0.145. The van der Waals surface area contributed by atoms with Gasteiger partial charge in [0.25, 0.3) is 0 Å². The second kappa shape index (κ2) is 7.31. The first kappa shape index (κ1) is 14.9. The molecule has 0 aromatic heterocycles. The Morgan fingerprint density at radius 3 is 2.44 bits per heavy atom. The van der Waals surface area contributed by atoms with E-state index in [9.17, 15) is 9.36 Å². The van der Waals surface area contributed by atoms with Crippen molar-refractivity contribution in [3.05, 3.63) is 35.9 Å². The zero-order chi connectivity index (χ0) is 13.4. The van der Waals surface area contributed by atoms with Crippen molar-refractivity contribution in [2.24, 2.45) is 0 Å². The predicted molar refractivity (Wildman–Crippen MR) is 67.0 cm³/mol. The molecular weight excluding hydrogens is 255 g/mol. The van der Waals surface area contributed by atoms with Crippen LogP contribution in [0.5, 0.6) is 0 Å². The lowest BCUT2D eigenvalue weighted by atomic mass is 10.2. The molecule has 0 fully saturated rings. The van der Waals surface area contributed by atoms with Crippen molar-refractivity contribution in [2.45, 2.75) is 25.9 Å². The number of carbonyl (C=O) groups is 1. The number of rotatable bonds is 7. The van der Waals surface area contributed by atoms with Crippen LogP contribution in [-0.4, -0.2) is 21.9 Å². The van der Waals surface area contributed by atoms with Gasteiger partial charge in [-0.3, -0.25) is 9.36 Å². The van der Waals surface area contributed by atoms with E-state index in [-0.39, 0.29) is 25.2 Å². The second-order valence-corrected chi connectivity index (χ2v) is 5.77. The Labute approximate surface area is 106 Å². The molecule has 0 aliphatic carbocycles. The van der Waals surface area contributed by atoms with E-state index in [1.54, 1.807) is 0 Å². The second-order valence-electron chi connectivity index (χ2n) is 3.99. The Morgan fingerprint density at radius 2 is 1.83 bits per heavy atom. The summed E-state index contributed by atoms with van der Waals surface area (Å²) in [6, 6.07) is 9.34. The minimum Gasteiger partial charge on any atom is -0.461 e. The van der Waals surface area contributed by atoms with Crippen LogP contribution in [-0.2, 0) is 20.7 Å². The molecule has 0 radical (unpaired) electrons. The third-order valence-corrected chi connectivity index (χ3v) is 3.22. The fourth-order valence-electron chi connectivity index (χ4n) is 1.40. The smallest absolute Gasteiger partial charge is 0.325 e. The number of esters is 1. The van der Waals surface area contributed by atoms with Crippen LogP contribution in [0.4, 0.5) is 0 Å². The first-order valence-electron chi connectivity index (χ1n) is 5.71. The maximum atomic E-state index is 11.3. The van der Waals surface area contributed by atoms with Crippen LogP contribution in [0.2, 0.25) is 0 Å². The summed E-state index contributed by atoms with van der Waals surface area (Å²) in [5, 5.41) is 0. The number of carbonyl (C=O) groups excluding carboxylic acids is 1. The molecule has 0 aliphatic heterocycles. The summed E-state index contributed by atoms with van der Waals surface area (Å²) in [5.41, 5.74) is 0.918. The number of ether oxygens (including phenoxy) is 1. The molecule has 6 heteroatoms. The summed E-state index contributed by atoms with van der Waals surface area (Å²) in [5.74, 6) is -0.343. The SMILES string of the molecule is O=C(CCCCP(=O)(O)O)OCc1ccccc1. The maximum Gasteiger partial charge on any atom is 0.325 e. The average molecular weight is 272 g/mol. The van der Waals surface area contributed by atoms with Crippen LogP contribution < -0.4 is 0 Å². The summed E-state index contributed by atoms with van der Waals surface area (Å²) in [6.07, 6.45) is 0.759. The Morgan fingerprint density at radius 1 is 1.17 bits per heavy atom. The van der Waals surface area contributed by atoms with Gasteiger partial charge < -0.3 is 14.5 Å². The summed E-state index contributed by atoms with van der Waals surface area (Å²) < 4.78 is 15.6. The largest absolute Gasteiger partial charge is 0.461 e. The molecule has 2 N–H and O–H groups in total. The topological polar surface area (TPSA) is 83.8 Å². The van der Waals surface area contributed by atoms with Crippen molar-refractivity contribution >= 4 is 13.6 Å². The highest BCUT2D eigenvalue weighted by atomic mass is 31.2. The van der Waals surface area contributed by atoms with Gasteiger partial charge in [-0.1, -0.05) is 30.3 Å². The van der Waals surface area contributed by atoms with Gasteiger partial charge in [0.1, 0.15) is 6.61 Å². The molecule has 5 nitrogen and oxygen atoms in total. The van der Waals surface area contributed by atoms with E-state index in [4.69, 9.17) is 14.5 Å².